The minimum Gasteiger partial charge on any atom is -0.206 e. The van der Waals surface area contributed by atoms with E-state index in [1.165, 1.54) is 12.1 Å². The van der Waals surface area contributed by atoms with Crippen LogP contribution >= 0.6 is 10.2 Å². The maximum Gasteiger partial charge on any atom is 0.313 e. The molecule has 0 radical (unpaired) electrons. The molecule has 0 aromatic heterocycles. The van der Waals surface area contributed by atoms with E-state index in [1.807, 2.05) is 0 Å². The Hall–Kier alpha value is -1.70. The lowest BCUT2D eigenvalue weighted by molar-refractivity contribution is 0.355. The first-order valence-electron chi connectivity index (χ1n) is 5.58. The smallest absolute Gasteiger partial charge is 0.206 e. The average Bonchev–Trinajstić information content (AvgIpc) is 2.24. The molecule has 0 nitrogen and oxygen atoms in total. The Morgan fingerprint density at radius 1 is 0.762 bits per heavy atom. The molecule has 0 saturated carbocycles. The van der Waals surface area contributed by atoms with Gasteiger partial charge in [-0.15, -0.1) is 0 Å². The molecule has 0 heterocycles. The van der Waals surface area contributed by atoms with Gasteiger partial charge in [-0.1, -0.05) is 37.6 Å². The molecular weight excluding hydrogens is 321 g/mol. The van der Waals surface area contributed by atoms with Crippen LogP contribution in [0.4, 0.5) is 28.2 Å². The van der Waals surface area contributed by atoms with E-state index in [1.54, 1.807) is 6.92 Å². The van der Waals surface area contributed by atoms with Gasteiger partial charge in [0, 0.05) is 5.56 Å². The van der Waals surface area contributed by atoms with E-state index in [0.717, 1.165) is 6.07 Å². The second kappa shape index (κ2) is 3.94. The topological polar surface area (TPSA) is 0 Å². The number of aryl methyl sites for hydroxylation is 1. The molecule has 21 heavy (non-hydrogen) atoms. The molecule has 0 spiro atoms. The van der Waals surface area contributed by atoms with Crippen LogP contribution in [-0.4, -0.2) is 0 Å². The molecule has 0 atom stereocenters. The Morgan fingerprint density at radius 2 is 1.38 bits per heavy atom. The van der Waals surface area contributed by atoms with Gasteiger partial charge in [-0.3, -0.25) is 0 Å². The molecular formula is C13H9F7S. The molecule has 0 saturated heterocycles. The number of hydrogen-bond acceptors (Lipinski definition) is 0. The van der Waals surface area contributed by atoms with Crippen molar-refractivity contribution in [3.63, 3.8) is 0 Å². The third kappa shape index (κ3) is 3.31. The highest BCUT2D eigenvalue weighted by Crippen LogP contribution is 3.02. The summed E-state index contributed by atoms with van der Waals surface area (Å²) in [6, 6.07) is 4.61. The summed E-state index contributed by atoms with van der Waals surface area (Å²) in [6.07, 6.45) is 0. The molecule has 116 valence electrons. The number of halogens is 7. The Kier molecular flexibility index (Phi) is 2.94. The Bertz CT molecular complexity index is 719. The molecule has 2 aromatic carbocycles. The van der Waals surface area contributed by atoms with Gasteiger partial charge in [0.1, 0.15) is 16.5 Å². The van der Waals surface area contributed by atoms with Crippen LogP contribution in [0.1, 0.15) is 5.56 Å². The highest BCUT2D eigenvalue weighted by molar-refractivity contribution is 8.45. The van der Waals surface area contributed by atoms with Crippen molar-refractivity contribution in [3.8, 4) is 11.1 Å². The van der Waals surface area contributed by atoms with E-state index in [0.29, 0.717) is 11.6 Å². The molecule has 2 rings (SSSR count). The maximum absolute atomic E-state index is 13.7. The number of benzene rings is 2. The SMILES string of the molecule is Cc1ccc(-c2ccc(S(F)(F)(F)(F)F)c(F)c2)c(F)c1. The summed E-state index contributed by atoms with van der Waals surface area (Å²) in [5.41, 5.74) is 0.129. The van der Waals surface area contributed by atoms with Gasteiger partial charge in [0.25, 0.3) is 0 Å². The molecule has 0 fully saturated rings. The van der Waals surface area contributed by atoms with Crippen molar-refractivity contribution >= 4 is 10.2 Å². The van der Waals surface area contributed by atoms with Crippen LogP contribution in [0, 0.1) is 18.6 Å². The summed E-state index contributed by atoms with van der Waals surface area (Å²) in [5.74, 6) is -2.92. The van der Waals surface area contributed by atoms with E-state index in [-0.39, 0.29) is 23.3 Å². The summed E-state index contributed by atoms with van der Waals surface area (Å²) >= 11 is 0. The fourth-order valence-corrected chi connectivity index (χ4v) is 2.59. The first-order chi connectivity index (χ1) is 9.27. The standard InChI is InChI=1S/C13H9F7S/c1-8-2-4-10(11(14)6-8)9-3-5-13(12(15)7-9)21(16,17,18,19)20/h2-7H,1H3. The summed E-state index contributed by atoms with van der Waals surface area (Å²) in [6.45, 7) is 1.59. The lowest BCUT2D eigenvalue weighted by atomic mass is 10.0. The summed E-state index contributed by atoms with van der Waals surface area (Å²) in [7, 11) is -10.1. The van der Waals surface area contributed by atoms with E-state index in [4.69, 9.17) is 0 Å². The summed E-state index contributed by atoms with van der Waals surface area (Å²) < 4.78 is 89.9. The van der Waals surface area contributed by atoms with Crippen LogP contribution in [0.25, 0.3) is 11.1 Å². The van der Waals surface area contributed by atoms with Crippen molar-refractivity contribution in [2.45, 2.75) is 11.8 Å². The van der Waals surface area contributed by atoms with E-state index in [2.05, 4.69) is 0 Å². The quantitative estimate of drug-likeness (QED) is 0.544. The van der Waals surface area contributed by atoms with Gasteiger partial charge in [0.2, 0.25) is 0 Å². The fourth-order valence-electron chi connectivity index (χ4n) is 1.84. The van der Waals surface area contributed by atoms with Gasteiger partial charge >= 0.3 is 10.2 Å². The third-order valence-electron chi connectivity index (χ3n) is 2.78. The van der Waals surface area contributed by atoms with Crippen molar-refractivity contribution in [2.75, 3.05) is 0 Å². The summed E-state index contributed by atoms with van der Waals surface area (Å²) in [5, 5.41) is 0. The summed E-state index contributed by atoms with van der Waals surface area (Å²) in [4.78, 5) is -2.61. The molecule has 0 amide bonds. The number of rotatable bonds is 2. The van der Waals surface area contributed by atoms with Crippen molar-refractivity contribution < 1.29 is 28.2 Å². The van der Waals surface area contributed by atoms with Crippen molar-refractivity contribution in [1.82, 2.24) is 0 Å². The first-order valence-corrected chi connectivity index (χ1v) is 7.53. The molecule has 0 aliphatic heterocycles. The molecule has 0 aliphatic rings. The van der Waals surface area contributed by atoms with Crippen molar-refractivity contribution in [2.24, 2.45) is 0 Å². The second-order valence-corrected chi connectivity index (χ2v) is 6.98. The molecule has 0 N–H and O–H groups in total. The lowest BCUT2D eigenvalue weighted by Crippen LogP contribution is -2.08. The first kappa shape index (κ1) is 15.7. The van der Waals surface area contributed by atoms with E-state index >= 15 is 0 Å². The Balaban J connectivity index is 2.60. The largest absolute Gasteiger partial charge is 0.313 e. The van der Waals surface area contributed by atoms with Gasteiger partial charge < -0.3 is 0 Å². The van der Waals surface area contributed by atoms with Crippen LogP contribution in [-0.2, 0) is 0 Å². The van der Waals surface area contributed by atoms with Crippen LogP contribution in [0.15, 0.2) is 41.3 Å². The van der Waals surface area contributed by atoms with Gasteiger partial charge in [-0.2, -0.15) is 0 Å². The minimum atomic E-state index is -10.1. The zero-order valence-electron chi connectivity index (χ0n) is 10.5. The van der Waals surface area contributed by atoms with Crippen LogP contribution in [0.3, 0.4) is 0 Å². The molecule has 0 bridgehead atoms. The predicted octanol–water partition coefficient (Wildman–Crippen LogP) is 6.60. The highest BCUT2D eigenvalue weighted by Gasteiger charge is 2.67. The fraction of sp³-hybridized carbons (Fsp3) is 0.0769. The number of hydrogen-bond donors (Lipinski definition) is 0. The zero-order chi connectivity index (χ0) is 16.1. The zero-order valence-corrected chi connectivity index (χ0v) is 11.3. The molecule has 8 heteroatoms. The van der Waals surface area contributed by atoms with Crippen LogP contribution in [0.2, 0.25) is 0 Å². The second-order valence-electron chi connectivity index (χ2n) is 4.60. The molecule has 0 unspecified atom stereocenters. The monoisotopic (exact) mass is 330 g/mol. The van der Waals surface area contributed by atoms with Crippen molar-refractivity contribution in [3.05, 3.63) is 53.6 Å². The Morgan fingerprint density at radius 3 is 1.86 bits per heavy atom. The maximum atomic E-state index is 13.7. The highest BCUT2D eigenvalue weighted by atomic mass is 32.5. The average molecular weight is 330 g/mol. The van der Waals surface area contributed by atoms with Gasteiger partial charge in [-0.05, 0) is 36.2 Å². The van der Waals surface area contributed by atoms with Crippen LogP contribution in [0.5, 0.6) is 0 Å². The van der Waals surface area contributed by atoms with Gasteiger partial charge in [-0.25, -0.2) is 8.78 Å². The minimum absolute atomic E-state index is 0.0640. The van der Waals surface area contributed by atoms with Gasteiger partial charge in [0.15, 0.2) is 0 Å². The van der Waals surface area contributed by atoms with Crippen molar-refractivity contribution in [1.29, 1.82) is 0 Å². The van der Waals surface area contributed by atoms with E-state index < -0.39 is 26.8 Å². The van der Waals surface area contributed by atoms with Crippen LogP contribution < -0.4 is 0 Å². The predicted molar refractivity (Wildman–Crippen MR) is 67.9 cm³/mol. The molecule has 2 aromatic rings. The van der Waals surface area contributed by atoms with E-state index in [9.17, 15) is 28.2 Å². The lowest BCUT2D eigenvalue weighted by Gasteiger charge is -2.40. The third-order valence-corrected chi connectivity index (χ3v) is 3.95. The normalized spacial score (nSPS) is 15.4. The van der Waals surface area contributed by atoms with Gasteiger partial charge in [0.05, 0.1) is 0 Å². The Labute approximate surface area is 115 Å². The molecule has 0 aliphatic carbocycles.